The first kappa shape index (κ1) is 14.5. The van der Waals surface area contributed by atoms with Crippen LogP contribution < -0.4 is 5.32 Å². The van der Waals surface area contributed by atoms with E-state index in [9.17, 15) is 0 Å². The zero-order valence-electron chi connectivity index (χ0n) is 12.6. The molecule has 1 aromatic heterocycles. The average Bonchev–Trinajstić information content (AvgIpc) is 2.76. The minimum Gasteiger partial charge on any atom is -0.333 e. The first-order valence-corrected chi connectivity index (χ1v) is 7.53. The van der Waals surface area contributed by atoms with E-state index in [1.165, 1.54) is 31.6 Å². The monoisotopic (exact) mass is 264 g/mol. The first-order chi connectivity index (χ1) is 9.15. The summed E-state index contributed by atoms with van der Waals surface area (Å²) in [6.45, 7) is 10.1. The predicted octanol–water partition coefficient (Wildman–Crippen LogP) is 1.97. The van der Waals surface area contributed by atoms with E-state index in [1.807, 2.05) is 12.5 Å². The normalized spacial score (nSPS) is 21.2. The molecule has 1 fully saturated rings. The van der Waals surface area contributed by atoms with Gasteiger partial charge in [0, 0.05) is 25.8 Å². The Balaban J connectivity index is 1.84. The summed E-state index contributed by atoms with van der Waals surface area (Å²) in [5, 5.41) is 3.50. The molecule has 1 saturated heterocycles. The number of likely N-dealkylation sites (tertiary alicyclic amines) is 1. The third-order valence-corrected chi connectivity index (χ3v) is 3.83. The van der Waals surface area contributed by atoms with Crippen molar-refractivity contribution in [2.75, 3.05) is 26.7 Å². The van der Waals surface area contributed by atoms with Gasteiger partial charge in [0.2, 0.25) is 0 Å². The number of nitrogens with one attached hydrogen (secondary N) is 1. The second-order valence-electron chi connectivity index (χ2n) is 6.33. The number of hydrogen-bond donors (Lipinski definition) is 1. The molecule has 0 amide bonds. The van der Waals surface area contributed by atoms with Gasteiger partial charge in [-0.25, -0.2) is 4.98 Å². The molecule has 4 nitrogen and oxygen atoms in total. The summed E-state index contributed by atoms with van der Waals surface area (Å²) >= 11 is 0. The summed E-state index contributed by atoms with van der Waals surface area (Å²) < 4.78 is 2.33. The molecular formula is C15H28N4. The Morgan fingerprint density at radius 1 is 1.47 bits per heavy atom. The average molecular weight is 264 g/mol. The molecule has 1 aromatic rings. The fraction of sp³-hybridized carbons (Fsp3) is 0.800. The maximum absolute atomic E-state index is 4.31. The number of rotatable bonds is 6. The van der Waals surface area contributed by atoms with Crippen LogP contribution in [0.5, 0.6) is 0 Å². The number of aromatic nitrogens is 2. The van der Waals surface area contributed by atoms with Crippen LogP contribution in [-0.4, -0.2) is 41.1 Å². The van der Waals surface area contributed by atoms with Crippen LogP contribution in [0.15, 0.2) is 12.5 Å². The molecular weight excluding hydrogens is 236 g/mol. The van der Waals surface area contributed by atoms with Crippen LogP contribution in [0.1, 0.15) is 32.4 Å². The third-order valence-electron chi connectivity index (χ3n) is 3.83. The van der Waals surface area contributed by atoms with Gasteiger partial charge in [-0.05, 0) is 44.8 Å². The molecule has 4 heteroatoms. The van der Waals surface area contributed by atoms with E-state index in [4.69, 9.17) is 0 Å². The topological polar surface area (TPSA) is 33.1 Å². The minimum absolute atomic E-state index is 0.698. The van der Waals surface area contributed by atoms with E-state index < -0.39 is 0 Å². The predicted molar refractivity (Wildman–Crippen MR) is 79.0 cm³/mol. The van der Waals surface area contributed by atoms with Gasteiger partial charge >= 0.3 is 0 Å². The lowest BCUT2D eigenvalue weighted by atomic mass is 9.98. The molecule has 1 N–H and O–H groups in total. The summed E-state index contributed by atoms with van der Waals surface area (Å²) in [6, 6.07) is 0. The molecule has 0 bridgehead atoms. The van der Waals surface area contributed by atoms with Crippen LogP contribution in [0.3, 0.4) is 0 Å². The maximum atomic E-state index is 4.31. The molecule has 0 radical (unpaired) electrons. The molecule has 1 aliphatic rings. The molecule has 0 saturated carbocycles. The standard InChI is InChI=1S/C15H28N4/c1-13(2)7-16-8-15-9-17-12-19(15)11-14-5-4-6-18(3)10-14/h9,12-14,16H,4-8,10-11H2,1-3H3. The summed E-state index contributed by atoms with van der Waals surface area (Å²) in [5.74, 6) is 1.47. The Bertz CT molecular complexity index is 372. The van der Waals surface area contributed by atoms with Crippen molar-refractivity contribution in [3.05, 3.63) is 18.2 Å². The third kappa shape index (κ3) is 4.62. The summed E-state index contributed by atoms with van der Waals surface area (Å²) in [7, 11) is 2.23. The first-order valence-electron chi connectivity index (χ1n) is 7.53. The maximum Gasteiger partial charge on any atom is 0.0948 e. The van der Waals surface area contributed by atoms with E-state index in [0.717, 1.165) is 25.6 Å². The van der Waals surface area contributed by atoms with Crippen molar-refractivity contribution in [1.29, 1.82) is 0 Å². The number of hydrogen-bond acceptors (Lipinski definition) is 3. The van der Waals surface area contributed by atoms with Crippen molar-refractivity contribution in [2.24, 2.45) is 11.8 Å². The Morgan fingerprint density at radius 2 is 2.32 bits per heavy atom. The molecule has 0 aromatic carbocycles. The molecule has 108 valence electrons. The van der Waals surface area contributed by atoms with E-state index in [0.29, 0.717) is 5.92 Å². The summed E-state index contributed by atoms with van der Waals surface area (Å²) in [6.07, 6.45) is 6.67. The van der Waals surface area contributed by atoms with Gasteiger partial charge < -0.3 is 14.8 Å². The van der Waals surface area contributed by atoms with Crippen LogP contribution in [0.2, 0.25) is 0 Å². The molecule has 0 spiro atoms. The highest BCUT2D eigenvalue weighted by Crippen LogP contribution is 2.17. The molecule has 2 rings (SSSR count). The van der Waals surface area contributed by atoms with E-state index in [-0.39, 0.29) is 0 Å². The van der Waals surface area contributed by atoms with Crippen molar-refractivity contribution >= 4 is 0 Å². The fourth-order valence-electron chi connectivity index (χ4n) is 2.85. The van der Waals surface area contributed by atoms with Gasteiger partial charge in [0.15, 0.2) is 0 Å². The lowest BCUT2D eigenvalue weighted by molar-refractivity contribution is 0.193. The lowest BCUT2D eigenvalue weighted by Crippen LogP contribution is -2.34. The van der Waals surface area contributed by atoms with Crippen molar-refractivity contribution < 1.29 is 0 Å². The Morgan fingerprint density at radius 3 is 3.05 bits per heavy atom. The van der Waals surface area contributed by atoms with Gasteiger partial charge in [-0.3, -0.25) is 0 Å². The number of nitrogens with zero attached hydrogens (tertiary/aromatic N) is 3. The Kier molecular flexibility index (Phi) is 5.40. The number of piperidine rings is 1. The molecule has 1 aliphatic heterocycles. The van der Waals surface area contributed by atoms with Gasteiger partial charge in [-0.2, -0.15) is 0 Å². The quantitative estimate of drug-likeness (QED) is 0.853. The van der Waals surface area contributed by atoms with E-state index in [2.05, 4.69) is 40.7 Å². The lowest BCUT2D eigenvalue weighted by Gasteiger charge is -2.30. The van der Waals surface area contributed by atoms with Crippen molar-refractivity contribution in [2.45, 2.75) is 39.8 Å². The van der Waals surface area contributed by atoms with Gasteiger partial charge in [0.1, 0.15) is 0 Å². The second-order valence-corrected chi connectivity index (χ2v) is 6.33. The largest absolute Gasteiger partial charge is 0.333 e. The molecule has 1 atom stereocenters. The van der Waals surface area contributed by atoms with Crippen molar-refractivity contribution in [3.8, 4) is 0 Å². The van der Waals surface area contributed by atoms with E-state index in [1.54, 1.807) is 0 Å². The zero-order chi connectivity index (χ0) is 13.7. The van der Waals surface area contributed by atoms with Crippen LogP contribution in [0.25, 0.3) is 0 Å². The summed E-state index contributed by atoms with van der Waals surface area (Å²) in [5.41, 5.74) is 1.31. The smallest absolute Gasteiger partial charge is 0.0948 e. The molecule has 1 unspecified atom stereocenters. The Hall–Kier alpha value is -0.870. The molecule has 2 heterocycles. The zero-order valence-corrected chi connectivity index (χ0v) is 12.6. The van der Waals surface area contributed by atoms with Gasteiger partial charge in [0.05, 0.1) is 12.0 Å². The van der Waals surface area contributed by atoms with Crippen molar-refractivity contribution in [3.63, 3.8) is 0 Å². The fourth-order valence-corrected chi connectivity index (χ4v) is 2.85. The highest BCUT2D eigenvalue weighted by Gasteiger charge is 2.18. The number of imidazole rings is 1. The second kappa shape index (κ2) is 7.06. The van der Waals surface area contributed by atoms with Gasteiger partial charge in [0.25, 0.3) is 0 Å². The van der Waals surface area contributed by atoms with Crippen LogP contribution in [-0.2, 0) is 13.1 Å². The van der Waals surface area contributed by atoms with E-state index >= 15 is 0 Å². The molecule has 19 heavy (non-hydrogen) atoms. The SMILES string of the molecule is CC(C)CNCc1cncn1CC1CCCN(C)C1. The van der Waals surface area contributed by atoms with Crippen LogP contribution in [0, 0.1) is 11.8 Å². The molecule has 0 aliphatic carbocycles. The summed E-state index contributed by atoms with van der Waals surface area (Å²) in [4.78, 5) is 6.76. The highest BCUT2D eigenvalue weighted by atomic mass is 15.1. The van der Waals surface area contributed by atoms with Crippen LogP contribution >= 0.6 is 0 Å². The van der Waals surface area contributed by atoms with Gasteiger partial charge in [-0.15, -0.1) is 0 Å². The minimum atomic E-state index is 0.698. The van der Waals surface area contributed by atoms with Crippen molar-refractivity contribution in [1.82, 2.24) is 19.8 Å². The highest BCUT2D eigenvalue weighted by molar-refractivity contribution is 4.98. The Labute approximate surface area is 117 Å². The van der Waals surface area contributed by atoms with Crippen LogP contribution in [0.4, 0.5) is 0 Å². The van der Waals surface area contributed by atoms with Gasteiger partial charge in [-0.1, -0.05) is 13.8 Å².